The van der Waals surface area contributed by atoms with E-state index in [2.05, 4.69) is 30.0 Å². The molecule has 0 fully saturated rings. The van der Waals surface area contributed by atoms with Crippen molar-refractivity contribution in [3.63, 3.8) is 0 Å². The average Bonchev–Trinajstić information content (AvgIpc) is 2.71. The van der Waals surface area contributed by atoms with Gasteiger partial charge in [0.1, 0.15) is 0 Å². The Morgan fingerprint density at radius 1 is 0.967 bits per heavy atom. The molecule has 2 rings (SSSR count). The lowest BCUT2D eigenvalue weighted by Gasteiger charge is -2.13. The van der Waals surface area contributed by atoms with Gasteiger partial charge in [0, 0.05) is 0 Å². The van der Waals surface area contributed by atoms with Crippen molar-refractivity contribution in [3.8, 4) is 11.8 Å². The zero-order chi connectivity index (χ0) is 22.3. The van der Waals surface area contributed by atoms with E-state index in [1.165, 1.54) is 19.5 Å². The van der Waals surface area contributed by atoms with E-state index in [9.17, 15) is 9.59 Å². The summed E-state index contributed by atoms with van der Waals surface area (Å²) >= 11 is 0. The summed E-state index contributed by atoms with van der Waals surface area (Å²) < 4.78 is 15.7. The summed E-state index contributed by atoms with van der Waals surface area (Å²) in [4.78, 5) is 40.6. The second kappa shape index (κ2) is 10.3. The van der Waals surface area contributed by atoms with Crippen LogP contribution in [-0.4, -0.2) is 52.1 Å². The summed E-state index contributed by atoms with van der Waals surface area (Å²) in [5.41, 5.74) is 5.68. The molecular formula is C19H26N6O5. The van der Waals surface area contributed by atoms with E-state index in [4.69, 9.17) is 15.2 Å². The lowest BCUT2D eigenvalue weighted by molar-refractivity contribution is 0.0592. The van der Waals surface area contributed by atoms with Gasteiger partial charge < -0.3 is 25.3 Å². The molecular weight excluding hydrogens is 392 g/mol. The third-order valence-electron chi connectivity index (χ3n) is 3.47. The number of aromatic nitrogens is 4. The Hall–Kier alpha value is -3.50. The minimum Gasteiger partial charge on any atom is -0.475 e. The molecule has 3 N–H and O–H groups in total. The van der Waals surface area contributed by atoms with Gasteiger partial charge in [-0.15, -0.1) is 0 Å². The van der Waals surface area contributed by atoms with E-state index in [0.29, 0.717) is 13.2 Å². The third-order valence-corrected chi connectivity index (χ3v) is 3.47. The zero-order valence-electron chi connectivity index (χ0n) is 17.6. The lowest BCUT2D eigenvalue weighted by atomic mass is 10.2. The Labute approximate surface area is 174 Å². The first-order chi connectivity index (χ1) is 14.2. The molecule has 0 spiro atoms. The van der Waals surface area contributed by atoms with E-state index < -0.39 is 11.9 Å². The summed E-state index contributed by atoms with van der Waals surface area (Å²) in [7, 11) is 1.23. The number of anilines is 2. The standard InChI is InChI=1S/C19H26N6O5/c1-10(2)8-29-17-14(20)21-6-12(23-17)16(26)25-15-18(30-9-11(3)4)24-13(7-22-15)19(27)28-5/h6-7,10-11H,8-9H2,1-5H3,(H2,20,21)(H,22,25,26). The van der Waals surface area contributed by atoms with Gasteiger partial charge in [0.05, 0.1) is 32.7 Å². The minimum absolute atomic E-state index is 0.0142. The maximum absolute atomic E-state index is 12.7. The molecule has 1 amide bonds. The molecule has 11 nitrogen and oxygen atoms in total. The van der Waals surface area contributed by atoms with Crippen molar-refractivity contribution in [1.29, 1.82) is 0 Å². The minimum atomic E-state index is -0.675. The normalized spacial score (nSPS) is 10.8. The van der Waals surface area contributed by atoms with Crippen LogP contribution in [0.25, 0.3) is 0 Å². The Morgan fingerprint density at radius 2 is 1.53 bits per heavy atom. The number of nitrogens with two attached hydrogens (primary N) is 1. The molecule has 0 bridgehead atoms. The molecule has 2 aromatic rings. The van der Waals surface area contributed by atoms with E-state index in [1.54, 1.807) is 0 Å². The van der Waals surface area contributed by atoms with Crippen molar-refractivity contribution in [2.24, 2.45) is 11.8 Å². The van der Waals surface area contributed by atoms with Crippen LogP contribution in [0.1, 0.15) is 48.7 Å². The first kappa shape index (κ1) is 22.8. The fourth-order valence-electron chi connectivity index (χ4n) is 2.02. The molecule has 2 aromatic heterocycles. The average molecular weight is 418 g/mol. The van der Waals surface area contributed by atoms with Gasteiger partial charge in [0.25, 0.3) is 17.7 Å². The summed E-state index contributed by atoms with van der Waals surface area (Å²) in [6.45, 7) is 8.50. The van der Waals surface area contributed by atoms with Gasteiger partial charge in [-0.05, 0) is 11.8 Å². The molecule has 0 aliphatic heterocycles. The Bertz CT molecular complexity index is 903. The second-order valence-corrected chi connectivity index (χ2v) is 7.21. The highest BCUT2D eigenvalue weighted by molar-refractivity contribution is 6.03. The number of hydrogen-bond acceptors (Lipinski definition) is 10. The maximum atomic E-state index is 12.7. The number of nitrogen functional groups attached to an aromatic ring is 1. The summed E-state index contributed by atoms with van der Waals surface area (Å²) in [5.74, 6) is -0.711. The van der Waals surface area contributed by atoms with Crippen molar-refractivity contribution >= 4 is 23.5 Å². The van der Waals surface area contributed by atoms with Crippen LogP contribution in [0.5, 0.6) is 11.8 Å². The summed E-state index contributed by atoms with van der Waals surface area (Å²) in [5, 5.41) is 2.56. The number of nitrogens with one attached hydrogen (secondary N) is 1. The molecule has 0 radical (unpaired) electrons. The van der Waals surface area contributed by atoms with Crippen LogP contribution in [0.3, 0.4) is 0 Å². The Balaban J connectivity index is 2.26. The largest absolute Gasteiger partial charge is 0.475 e. The van der Waals surface area contributed by atoms with Gasteiger partial charge in [0.2, 0.25) is 0 Å². The van der Waals surface area contributed by atoms with Crippen molar-refractivity contribution in [2.75, 3.05) is 31.4 Å². The Morgan fingerprint density at radius 3 is 2.13 bits per heavy atom. The number of hydrogen-bond donors (Lipinski definition) is 2. The first-order valence-corrected chi connectivity index (χ1v) is 9.36. The number of amides is 1. The number of esters is 1. The molecule has 11 heteroatoms. The molecule has 0 aliphatic carbocycles. The van der Waals surface area contributed by atoms with Gasteiger partial charge >= 0.3 is 5.97 Å². The zero-order valence-corrected chi connectivity index (χ0v) is 17.6. The lowest BCUT2D eigenvalue weighted by Crippen LogP contribution is -2.19. The van der Waals surface area contributed by atoms with Crippen molar-refractivity contribution in [3.05, 3.63) is 23.8 Å². The van der Waals surface area contributed by atoms with Gasteiger partial charge in [-0.25, -0.2) is 24.7 Å². The second-order valence-electron chi connectivity index (χ2n) is 7.21. The van der Waals surface area contributed by atoms with Crippen molar-refractivity contribution < 1.29 is 23.8 Å². The van der Waals surface area contributed by atoms with Gasteiger partial charge in [-0.3, -0.25) is 4.79 Å². The Kier molecular flexibility index (Phi) is 7.84. The number of rotatable bonds is 9. The molecule has 30 heavy (non-hydrogen) atoms. The predicted octanol–water partition coefficient (Wildman–Crippen LogP) is 1.96. The number of nitrogens with zero attached hydrogens (tertiary/aromatic N) is 4. The topological polar surface area (TPSA) is 151 Å². The molecule has 2 heterocycles. The van der Waals surface area contributed by atoms with Gasteiger partial charge in [-0.2, -0.15) is 0 Å². The SMILES string of the molecule is COC(=O)c1cnc(NC(=O)c2cnc(N)c(OCC(C)C)n2)c(OCC(C)C)n1. The van der Waals surface area contributed by atoms with Crippen LogP contribution in [0, 0.1) is 11.8 Å². The molecule has 162 valence electrons. The van der Waals surface area contributed by atoms with E-state index >= 15 is 0 Å². The first-order valence-electron chi connectivity index (χ1n) is 9.36. The fourth-order valence-corrected chi connectivity index (χ4v) is 2.02. The summed E-state index contributed by atoms with van der Waals surface area (Å²) in [6.07, 6.45) is 2.40. The van der Waals surface area contributed by atoms with Crippen LogP contribution in [-0.2, 0) is 4.74 Å². The number of methoxy groups -OCH3 is 1. The van der Waals surface area contributed by atoms with Gasteiger partial charge in [-0.1, -0.05) is 27.7 Å². The molecule has 0 saturated heterocycles. The summed E-state index contributed by atoms with van der Waals surface area (Å²) in [6, 6.07) is 0. The highest BCUT2D eigenvalue weighted by Crippen LogP contribution is 2.22. The molecule has 0 aromatic carbocycles. The predicted molar refractivity (Wildman–Crippen MR) is 108 cm³/mol. The molecule has 0 aliphatic rings. The van der Waals surface area contributed by atoms with E-state index in [1.807, 2.05) is 27.7 Å². The quantitative estimate of drug-likeness (QED) is 0.578. The van der Waals surface area contributed by atoms with Crippen LogP contribution in [0.2, 0.25) is 0 Å². The van der Waals surface area contributed by atoms with E-state index in [-0.39, 0.29) is 46.6 Å². The number of carbonyl (C=O) groups is 2. The van der Waals surface area contributed by atoms with Crippen molar-refractivity contribution in [1.82, 2.24) is 19.9 Å². The van der Waals surface area contributed by atoms with Crippen LogP contribution < -0.4 is 20.5 Å². The third kappa shape index (κ3) is 6.26. The number of ether oxygens (including phenoxy) is 3. The van der Waals surface area contributed by atoms with Crippen LogP contribution in [0.15, 0.2) is 12.4 Å². The highest BCUT2D eigenvalue weighted by Gasteiger charge is 2.19. The monoisotopic (exact) mass is 418 g/mol. The molecule has 0 saturated carbocycles. The van der Waals surface area contributed by atoms with Crippen molar-refractivity contribution in [2.45, 2.75) is 27.7 Å². The van der Waals surface area contributed by atoms with Crippen LogP contribution >= 0.6 is 0 Å². The fraction of sp³-hybridized carbons (Fsp3) is 0.474. The molecule has 0 unspecified atom stereocenters. The van der Waals surface area contributed by atoms with Crippen LogP contribution in [0.4, 0.5) is 11.6 Å². The maximum Gasteiger partial charge on any atom is 0.358 e. The molecule has 0 atom stereocenters. The number of carbonyl (C=O) groups excluding carboxylic acids is 2. The highest BCUT2D eigenvalue weighted by atomic mass is 16.5. The van der Waals surface area contributed by atoms with Gasteiger partial charge in [0.15, 0.2) is 23.0 Å². The smallest absolute Gasteiger partial charge is 0.358 e. The van der Waals surface area contributed by atoms with E-state index in [0.717, 1.165) is 0 Å².